The molecule has 0 spiro atoms. The third kappa shape index (κ3) is 6.12. The number of halogens is 1. The van der Waals surface area contributed by atoms with Crippen LogP contribution in [0.1, 0.15) is 36.6 Å². The number of fused-ring (bicyclic) bond motifs is 1. The lowest BCUT2D eigenvalue weighted by molar-refractivity contribution is -0.136. The molecule has 5 rings (SSSR count). The second-order valence-electron chi connectivity index (χ2n) is 9.20. The molecule has 0 unspecified atom stereocenters. The first-order valence-electron chi connectivity index (χ1n) is 13.4. The van der Waals surface area contributed by atoms with Crippen molar-refractivity contribution in [2.75, 3.05) is 20.3 Å². The summed E-state index contributed by atoms with van der Waals surface area (Å²) in [7, 11) is 1.30. The quantitative estimate of drug-likeness (QED) is 0.236. The summed E-state index contributed by atoms with van der Waals surface area (Å²) in [6, 6.07) is 19.6. The number of methoxy groups -OCH3 is 1. The van der Waals surface area contributed by atoms with Crippen LogP contribution in [-0.2, 0) is 16.1 Å². The van der Waals surface area contributed by atoms with Gasteiger partial charge < -0.3 is 18.9 Å². The van der Waals surface area contributed by atoms with Crippen molar-refractivity contribution in [3.05, 3.63) is 120 Å². The number of hydrogen-bond donors (Lipinski definition) is 0. The third-order valence-electron chi connectivity index (χ3n) is 6.54. The van der Waals surface area contributed by atoms with E-state index in [0.29, 0.717) is 57.0 Å². The van der Waals surface area contributed by atoms with Gasteiger partial charge in [-0.15, -0.1) is 0 Å². The average molecular weight is 605 g/mol. The number of carbonyl (C=O) groups excluding carboxylic acids is 1. The third-order valence-corrected chi connectivity index (χ3v) is 7.90. The molecule has 10 heteroatoms. The Kier molecular flexibility index (Phi) is 9.09. The molecule has 0 N–H and O–H groups in total. The van der Waals surface area contributed by atoms with E-state index in [-0.39, 0.29) is 11.1 Å². The molecular formula is C32H29ClN2O6S. The van der Waals surface area contributed by atoms with Crippen molar-refractivity contribution in [1.29, 1.82) is 0 Å². The highest BCUT2D eigenvalue weighted by molar-refractivity contribution is 7.07. The predicted octanol–water partition coefficient (Wildman–Crippen LogP) is 5.05. The summed E-state index contributed by atoms with van der Waals surface area (Å²) in [6.45, 7) is 5.01. The van der Waals surface area contributed by atoms with Crippen molar-refractivity contribution in [3.8, 4) is 17.2 Å². The molecule has 0 saturated heterocycles. The average Bonchev–Trinajstić information content (AvgIpc) is 3.32. The molecule has 1 atom stereocenters. The smallest absolute Gasteiger partial charge is 0.337 e. The first kappa shape index (κ1) is 29.2. The van der Waals surface area contributed by atoms with Crippen LogP contribution in [0.5, 0.6) is 17.2 Å². The SMILES string of the molecule is CCOc1ccc([C@@H]2C(C(=O)OC)=CN=c3s/c(=C\c4ccc(OCc5ccccc5Cl)cc4)c(=O)n32)cc1OCC. The molecule has 0 bridgehead atoms. The van der Waals surface area contributed by atoms with E-state index in [0.717, 1.165) is 11.1 Å². The molecule has 3 aromatic carbocycles. The molecule has 2 heterocycles. The molecule has 0 radical (unpaired) electrons. The van der Waals surface area contributed by atoms with Crippen molar-refractivity contribution in [1.82, 2.24) is 4.57 Å². The van der Waals surface area contributed by atoms with Crippen molar-refractivity contribution in [2.45, 2.75) is 26.5 Å². The second kappa shape index (κ2) is 13.1. The Bertz CT molecular complexity index is 1810. The van der Waals surface area contributed by atoms with Crippen molar-refractivity contribution < 1.29 is 23.7 Å². The van der Waals surface area contributed by atoms with E-state index in [1.54, 1.807) is 18.2 Å². The van der Waals surface area contributed by atoms with Gasteiger partial charge in [0.15, 0.2) is 16.3 Å². The Hall–Kier alpha value is -4.34. The highest BCUT2D eigenvalue weighted by atomic mass is 35.5. The number of carbonyl (C=O) groups is 1. The zero-order chi connectivity index (χ0) is 29.6. The number of aromatic nitrogens is 1. The Labute approximate surface area is 251 Å². The highest BCUT2D eigenvalue weighted by Gasteiger charge is 2.31. The zero-order valence-corrected chi connectivity index (χ0v) is 24.9. The molecule has 8 nitrogen and oxygen atoms in total. The molecule has 1 aliphatic rings. The van der Waals surface area contributed by atoms with Crippen LogP contribution >= 0.6 is 22.9 Å². The monoisotopic (exact) mass is 604 g/mol. The lowest BCUT2D eigenvalue weighted by Gasteiger charge is -2.23. The summed E-state index contributed by atoms with van der Waals surface area (Å²) in [5.41, 5.74) is 2.34. The first-order chi connectivity index (χ1) is 20.4. The summed E-state index contributed by atoms with van der Waals surface area (Å²) < 4.78 is 24.4. The van der Waals surface area contributed by atoms with Crippen LogP contribution in [0.3, 0.4) is 0 Å². The summed E-state index contributed by atoms with van der Waals surface area (Å²) in [6.07, 6.45) is 3.26. The predicted molar refractivity (Wildman–Crippen MR) is 162 cm³/mol. The first-order valence-corrected chi connectivity index (χ1v) is 14.6. The number of benzene rings is 3. The minimum absolute atomic E-state index is 0.239. The van der Waals surface area contributed by atoms with Gasteiger partial charge in [-0.05, 0) is 61.4 Å². The number of esters is 1. The molecule has 42 heavy (non-hydrogen) atoms. The maximum absolute atomic E-state index is 13.8. The lowest BCUT2D eigenvalue weighted by Crippen LogP contribution is -2.39. The highest BCUT2D eigenvalue weighted by Crippen LogP contribution is 2.35. The molecule has 4 aromatic rings. The fourth-order valence-electron chi connectivity index (χ4n) is 4.58. The van der Waals surface area contributed by atoms with Gasteiger partial charge in [-0.2, -0.15) is 0 Å². The van der Waals surface area contributed by atoms with Crippen LogP contribution in [0.4, 0.5) is 0 Å². The normalized spacial score (nSPS) is 14.4. The van der Waals surface area contributed by atoms with Crippen LogP contribution in [0.25, 0.3) is 6.08 Å². The van der Waals surface area contributed by atoms with Gasteiger partial charge in [0.05, 0.1) is 36.5 Å². The van der Waals surface area contributed by atoms with Gasteiger partial charge in [0.25, 0.3) is 5.56 Å². The number of nitrogens with zero attached hydrogens (tertiary/aromatic N) is 2. The molecule has 0 saturated carbocycles. The van der Waals surface area contributed by atoms with Gasteiger partial charge >= 0.3 is 5.97 Å². The van der Waals surface area contributed by atoms with Gasteiger partial charge in [-0.1, -0.05) is 59.3 Å². The molecule has 0 amide bonds. The topological polar surface area (TPSA) is 88.4 Å². The van der Waals surface area contributed by atoms with Crippen LogP contribution in [-0.4, -0.2) is 30.9 Å². The van der Waals surface area contributed by atoms with E-state index in [2.05, 4.69) is 4.99 Å². The Morgan fingerprint density at radius 3 is 2.45 bits per heavy atom. The van der Waals surface area contributed by atoms with Crippen molar-refractivity contribution >= 4 is 35.0 Å². The molecule has 1 aliphatic heterocycles. The fourth-order valence-corrected chi connectivity index (χ4v) is 5.74. The molecule has 0 aliphatic carbocycles. The summed E-state index contributed by atoms with van der Waals surface area (Å²) >= 11 is 7.47. The largest absolute Gasteiger partial charge is 0.490 e. The minimum atomic E-state index is -0.758. The summed E-state index contributed by atoms with van der Waals surface area (Å²) in [4.78, 5) is 31.5. The summed E-state index contributed by atoms with van der Waals surface area (Å²) in [5.74, 6) is 1.21. The van der Waals surface area contributed by atoms with Crippen molar-refractivity contribution in [3.63, 3.8) is 0 Å². The maximum Gasteiger partial charge on any atom is 0.337 e. The van der Waals surface area contributed by atoms with E-state index in [9.17, 15) is 9.59 Å². The van der Waals surface area contributed by atoms with Gasteiger partial charge in [0, 0.05) is 16.8 Å². The van der Waals surface area contributed by atoms with Gasteiger partial charge in [-0.25, -0.2) is 9.79 Å². The Balaban J connectivity index is 1.49. The standard InChI is InChI=1S/C32H29ClN2O6S/c1-4-39-26-15-12-21(17-27(26)40-5-2)29-24(31(37)38-3)18-34-32-35(29)30(36)28(42-32)16-20-10-13-23(14-11-20)41-19-22-8-6-7-9-25(22)33/h6-18,29H,4-5,19H2,1-3H3/b28-16-/t29-/m1/s1. The van der Waals surface area contributed by atoms with Gasteiger partial charge in [-0.3, -0.25) is 9.36 Å². The van der Waals surface area contributed by atoms with Crippen LogP contribution in [0.15, 0.2) is 88.3 Å². The van der Waals surface area contributed by atoms with E-state index < -0.39 is 12.0 Å². The minimum Gasteiger partial charge on any atom is -0.490 e. The zero-order valence-electron chi connectivity index (χ0n) is 23.3. The fraction of sp³-hybridized carbons (Fsp3) is 0.219. The summed E-state index contributed by atoms with van der Waals surface area (Å²) in [5, 5.41) is 0.650. The van der Waals surface area contributed by atoms with E-state index in [1.165, 1.54) is 29.2 Å². The second-order valence-corrected chi connectivity index (χ2v) is 10.6. The van der Waals surface area contributed by atoms with Gasteiger partial charge in [0.2, 0.25) is 0 Å². The lowest BCUT2D eigenvalue weighted by atomic mass is 9.97. The maximum atomic E-state index is 13.8. The molecular weight excluding hydrogens is 576 g/mol. The molecule has 0 fully saturated rings. The van der Waals surface area contributed by atoms with Crippen LogP contribution in [0, 0.1) is 0 Å². The Morgan fingerprint density at radius 1 is 1.00 bits per heavy atom. The molecule has 1 aromatic heterocycles. The van der Waals surface area contributed by atoms with Crippen LogP contribution in [0.2, 0.25) is 5.02 Å². The number of thiazole rings is 1. The number of rotatable bonds is 10. The van der Waals surface area contributed by atoms with E-state index in [1.807, 2.05) is 68.4 Å². The van der Waals surface area contributed by atoms with Crippen molar-refractivity contribution in [2.24, 2.45) is 4.99 Å². The van der Waals surface area contributed by atoms with Crippen LogP contribution < -0.4 is 29.1 Å². The molecule has 216 valence electrons. The Morgan fingerprint density at radius 2 is 1.74 bits per heavy atom. The van der Waals surface area contributed by atoms with Gasteiger partial charge in [0.1, 0.15) is 12.4 Å². The van der Waals surface area contributed by atoms with E-state index >= 15 is 0 Å². The number of hydrogen-bond acceptors (Lipinski definition) is 8. The number of ether oxygens (including phenoxy) is 4. The van der Waals surface area contributed by atoms with E-state index in [4.69, 9.17) is 30.5 Å².